The quantitative estimate of drug-likeness (QED) is 0.124. The summed E-state index contributed by atoms with van der Waals surface area (Å²) >= 11 is 1.66. The molecule has 0 aliphatic carbocycles. The topological polar surface area (TPSA) is 103 Å². The Hall–Kier alpha value is -5.55. The second-order valence-corrected chi connectivity index (χ2v) is 11.4. The molecule has 10 nitrogen and oxygen atoms in total. The minimum absolute atomic E-state index is 0.250. The highest BCUT2D eigenvalue weighted by Gasteiger charge is 2.20. The first-order chi connectivity index (χ1) is 22.9. The standard InChI is InChI=1S/C36H33N3O7S/c1-22(40)39-29(21-28(38-39)25-19-32(42-3)35(44-5)33(20-25)43-4)24-12-15-30(41-2)31(18-24)46-17-16-45-26-13-10-23(11-14-26)36-37-27-8-6-7-9-34(27)47-36/h6-15,18-21H,16-17H2,1-5H3. The zero-order chi connectivity index (χ0) is 32.9. The van der Waals surface area contributed by atoms with Crippen molar-refractivity contribution in [2.24, 2.45) is 0 Å². The fourth-order valence-corrected chi connectivity index (χ4v) is 6.12. The van der Waals surface area contributed by atoms with E-state index in [-0.39, 0.29) is 12.5 Å². The number of para-hydroxylation sites is 1. The number of carbonyl (C=O) groups is 1. The predicted octanol–water partition coefficient (Wildman–Crippen LogP) is 7.65. The molecule has 0 spiro atoms. The van der Waals surface area contributed by atoms with Gasteiger partial charge >= 0.3 is 0 Å². The van der Waals surface area contributed by atoms with Crippen LogP contribution < -0.4 is 28.4 Å². The molecule has 0 saturated carbocycles. The molecule has 4 aromatic carbocycles. The van der Waals surface area contributed by atoms with Gasteiger partial charge in [-0.05, 0) is 72.8 Å². The van der Waals surface area contributed by atoms with Crippen LogP contribution in [0, 0.1) is 0 Å². The summed E-state index contributed by atoms with van der Waals surface area (Å²) < 4.78 is 36.6. The zero-order valence-electron chi connectivity index (χ0n) is 26.6. The Balaban J connectivity index is 1.17. The number of benzene rings is 4. The van der Waals surface area contributed by atoms with E-state index in [0.717, 1.165) is 26.5 Å². The van der Waals surface area contributed by atoms with Gasteiger partial charge in [0, 0.05) is 23.6 Å². The van der Waals surface area contributed by atoms with Gasteiger partial charge in [0.1, 0.15) is 24.0 Å². The average molecular weight is 652 g/mol. The van der Waals surface area contributed by atoms with Gasteiger partial charge in [-0.2, -0.15) is 9.78 Å². The molecule has 0 saturated heterocycles. The minimum atomic E-state index is -0.250. The summed E-state index contributed by atoms with van der Waals surface area (Å²) in [6.07, 6.45) is 0. The summed E-state index contributed by atoms with van der Waals surface area (Å²) in [5, 5.41) is 5.57. The normalized spacial score (nSPS) is 10.9. The van der Waals surface area contributed by atoms with Crippen LogP contribution in [0.3, 0.4) is 0 Å². The van der Waals surface area contributed by atoms with Crippen molar-refractivity contribution in [1.82, 2.24) is 14.8 Å². The monoisotopic (exact) mass is 651 g/mol. The molecule has 0 radical (unpaired) electrons. The highest BCUT2D eigenvalue weighted by atomic mass is 32.1. The van der Waals surface area contributed by atoms with Crippen LogP contribution in [0.15, 0.2) is 84.9 Å². The first kappa shape index (κ1) is 31.4. The third-order valence-electron chi connectivity index (χ3n) is 7.43. The van der Waals surface area contributed by atoms with Crippen molar-refractivity contribution in [1.29, 1.82) is 0 Å². The number of fused-ring (bicyclic) bond motifs is 1. The molecule has 0 aliphatic rings. The third-order valence-corrected chi connectivity index (χ3v) is 8.52. The Bertz CT molecular complexity index is 1980. The Morgan fingerprint density at radius 3 is 2.02 bits per heavy atom. The first-order valence-electron chi connectivity index (χ1n) is 14.7. The van der Waals surface area contributed by atoms with Crippen LogP contribution in [-0.4, -0.2) is 62.3 Å². The van der Waals surface area contributed by atoms with Gasteiger partial charge in [-0.1, -0.05) is 12.1 Å². The number of rotatable bonds is 12. The highest BCUT2D eigenvalue weighted by Crippen LogP contribution is 2.42. The summed E-state index contributed by atoms with van der Waals surface area (Å²) in [7, 11) is 6.21. The van der Waals surface area contributed by atoms with Gasteiger partial charge in [0.25, 0.3) is 0 Å². The molecule has 0 fully saturated rings. The second kappa shape index (κ2) is 13.8. The Morgan fingerprint density at radius 2 is 1.36 bits per heavy atom. The van der Waals surface area contributed by atoms with E-state index in [4.69, 9.17) is 33.4 Å². The maximum absolute atomic E-state index is 12.7. The molecule has 0 atom stereocenters. The van der Waals surface area contributed by atoms with Gasteiger partial charge < -0.3 is 28.4 Å². The van der Waals surface area contributed by atoms with E-state index in [2.05, 4.69) is 11.2 Å². The van der Waals surface area contributed by atoms with Gasteiger partial charge in [-0.15, -0.1) is 11.3 Å². The van der Waals surface area contributed by atoms with Crippen molar-refractivity contribution >= 4 is 27.5 Å². The van der Waals surface area contributed by atoms with Crippen LogP contribution in [0.25, 0.3) is 43.3 Å². The number of hydrogen-bond acceptors (Lipinski definition) is 10. The van der Waals surface area contributed by atoms with Crippen LogP contribution >= 0.6 is 11.3 Å². The predicted molar refractivity (Wildman–Crippen MR) is 182 cm³/mol. The molecule has 2 heterocycles. The molecule has 0 unspecified atom stereocenters. The molecule has 0 aliphatic heterocycles. The van der Waals surface area contributed by atoms with Gasteiger partial charge in [0.05, 0.1) is 50.0 Å². The average Bonchev–Trinajstić information content (AvgIpc) is 3.75. The van der Waals surface area contributed by atoms with Crippen molar-refractivity contribution in [3.8, 4) is 67.6 Å². The summed E-state index contributed by atoms with van der Waals surface area (Å²) in [4.78, 5) is 17.4. The molecule has 240 valence electrons. The van der Waals surface area contributed by atoms with Crippen molar-refractivity contribution in [3.63, 3.8) is 0 Å². The second-order valence-electron chi connectivity index (χ2n) is 10.3. The van der Waals surface area contributed by atoms with Crippen LogP contribution in [0.2, 0.25) is 0 Å². The van der Waals surface area contributed by atoms with E-state index in [0.29, 0.717) is 57.9 Å². The lowest BCUT2D eigenvalue weighted by Crippen LogP contribution is -2.10. The van der Waals surface area contributed by atoms with Crippen molar-refractivity contribution in [2.45, 2.75) is 6.92 Å². The highest BCUT2D eigenvalue weighted by molar-refractivity contribution is 7.21. The maximum atomic E-state index is 12.7. The molecule has 6 rings (SSSR count). The number of carbonyl (C=O) groups excluding carboxylic acids is 1. The van der Waals surface area contributed by atoms with Crippen molar-refractivity contribution in [3.05, 3.63) is 84.9 Å². The number of thiazole rings is 1. The SMILES string of the molecule is COc1ccc(-c2cc(-c3cc(OC)c(OC)c(OC)c3)nn2C(C)=O)cc1OCCOc1ccc(-c2nc3ccccc3s2)cc1. The largest absolute Gasteiger partial charge is 0.493 e. The lowest BCUT2D eigenvalue weighted by molar-refractivity contribution is 0.0923. The van der Waals surface area contributed by atoms with Gasteiger partial charge in [0.15, 0.2) is 23.0 Å². The maximum Gasteiger partial charge on any atom is 0.244 e. The number of nitrogens with zero attached hydrogens (tertiary/aromatic N) is 3. The summed E-state index contributed by atoms with van der Waals surface area (Å²) in [5.74, 6) is 2.95. The van der Waals surface area contributed by atoms with Crippen molar-refractivity contribution < 1.29 is 33.2 Å². The van der Waals surface area contributed by atoms with Crippen LogP contribution in [0.4, 0.5) is 0 Å². The number of ether oxygens (including phenoxy) is 6. The van der Waals surface area contributed by atoms with E-state index in [1.165, 1.54) is 11.6 Å². The lowest BCUT2D eigenvalue weighted by atomic mass is 10.1. The molecule has 6 aromatic rings. The van der Waals surface area contributed by atoms with E-state index < -0.39 is 0 Å². The lowest BCUT2D eigenvalue weighted by Gasteiger charge is -2.13. The molecule has 0 bridgehead atoms. The van der Waals surface area contributed by atoms with Crippen LogP contribution in [0.1, 0.15) is 11.7 Å². The van der Waals surface area contributed by atoms with Crippen LogP contribution in [0.5, 0.6) is 34.5 Å². The molecule has 11 heteroatoms. The minimum Gasteiger partial charge on any atom is -0.493 e. The number of hydrogen-bond donors (Lipinski definition) is 0. The Morgan fingerprint density at radius 1 is 0.702 bits per heavy atom. The Labute approximate surface area is 276 Å². The summed E-state index contributed by atoms with van der Waals surface area (Å²) in [6, 6.07) is 26.8. The molecular weight excluding hydrogens is 618 g/mol. The fraction of sp³-hybridized carbons (Fsp3) is 0.194. The number of methoxy groups -OCH3 is 4. The zero-order valence-corrected chi connectivity index (χ0v) is 27.4. The third kappa shape index (κ3) is 6.56. The summed E-state index contributed by atoms with van der Waals surface area (Å²) in [5.41, 5.74) is 4.57. The van der Waals surface area contributed by atoms with E-state index >= 15 is 0 Å². The van der Waals surface area contributed by atoms with E-state index in [1.807, 2.05) is 60.7 Å². The first-order valence-corrected chi connectivity index (χ1v) is 15.6. The molecule has 0 amide bonds. The molecule has 47 heavy (non-hydrogen) atoms. The van der Waals surface area contributed by atoms with Crippen LogP contribution in [-0.2, 0) is 0 Å². The van der Waals surface area contributed by atoms with E-state index in [1.54, 1.807) is 58.0 Å². The van der Waals surface area contributed by atoms with Gasteiger partial charge in [-0.3, -0.25) is 4.79 Å². The van der Waals surface area contributed by atoms with Gasteiger partial charge in [0.2, 0.25) is 11.7 Å². The number of aromatic nitrogens is 3. The molecular formula is C36H33N3O7S. The molecule has 0 N–H and O–H groups in total. The van der Waals surface area contributed by atoms with E-state index in [9.17, 15) is 4.79 Å². The Kier molecular flexibility index (Phi) is 9.25. The fourth-order valence-electron chi connectivity index (χ4n) is 5.15. The molecule has 2 aromatic heterocycles. The van der Waals surface area contributed by atoms with Gasteiger partial charge in [-0.25, -0.2) is 4.98 Å². The summed E-state index contributed by atoms with van der Waals surface area (Å²) in [6.45, 7) is 2.03. The van der Waals surface area contributed by atoms with Crippen molar-refractivity contribution in [2.75, 3.05) is 41.7 Å². The smallest absolute Gasteiger partial charge is 0.244 e.